The fourth-order valence-corrected chi connectivity index (χ4v) is 4.22. The van der Waals surface area contributed by atoms with Crippen molar-refractivity contribution >= 4 is 5.97 Å². The van der Waals surface area contributed by atoms with Crippen molar-refractivity contribution < 1.29 is 9.90 Å². The maximum Gasteiger partial charge on any atom is 0.308 e. The predicted molar refractivity (Wildman–Crippen MR) is 72.6 cm³/mol. The van der Waals surface area contributed by atoms with Crippen LogP contribution in [0.25, 0.3) is 0 Å². The fourth-order valence-electron chi connectivity index (χ4n) is 4.22. The second kappa shape index (κ2) is 5.60. The number of carbonyl (C=O) groups is 1. The van der Waals surface area contributed by atoms with Crippen molar-refractivity contribution in [1.82, 2.24) is 4.90 Å². The first-order valence-electron chi connectivity index (χ1n) is 7.59. The number of likely N-dealkylation sites (tertiary alicyclic amines) is 1. The molecule has 0 amide bonds. The molecule has 2 rings (SSSR count). The smallest absolute Gasteiger partial charge is 0.308 e. The van der Waals surface area contributed by atoms with Gasteiger partial charge >= 0.3 is 5.97 Å². The summed E-state index contributed by atoms with van der Waals surface area (Å²) in [6.07, 6.45) is 8.17. The average Bonchev–Trinajstić information content (AvgIpc) is 2.74. The molecule has 0 bridgehead atoms. The Kier molecular flexibility index (Phi) is 4.31. The van der Waals surface area contributed by atoms with E-state index in [4.69, 9.17) is 0 Å². The van der Waals surface area contributed by atoms with Crippen LogP contribution in [0.2, 0.25) is 0 Å². The minimum atomic E-state index is -0.582. The maximum absolute atomic E-state index is 11.2. The molecule has 2 aliphatic rings. The van der Waals surface area contributed by atoms with E-state index in [2.05, 4.69) is 18.7 Å². The highest BCUT2D eigenvalue weighted by molar-refractivity contribution is 5.71. The van der Waals surface area contributed by atoms with Gasteiger partial charge in [-0.1, -0.05) is 33.1 Å². The molecule has 18 heavy (non-hydrogen) atoms. The van der Waals surface area contributed by atoms with Gasteiger partial charge in [-0.3, -0.25) is 9.69 Å². The second-order valence-corrected chi connectivity index (χ2v) is 6.35. The van der Waals surface area contributed by atoms with Gasteiger partial charge in [0.1, 0.15) is 0 Å². The fraction of sp³-hybridized carbons (Fsp3) is 0.933. The molecule has 2 unspecified atom stereocenters. The number of hydrogen-bond donors (Lipinski definition) is 1. The summed E-state index contributed by atoms with van der Waals surface area (Å²) in [6.45, 7) is 6.80. The normalized spacial score (nSPS) is 31.2. The highest BCUT2D eigenvalue weighted by Crippen LogP contribution is 2.44. The molecule has 1 heterocycles. The van der Waals surface area contributed by atoms with Crippen LogP contribution in [0.15, 0.2) is 0 Å². The zero-order valence-electron chi connectivity index (χ0n) is 11.8. The van der Waals surface area contributed by atoms with Gasteiger partial charge in [-0.15, -0.1) is 0 Å². The van der Waals surface area contributed by atoms with Gasteiger partial charge in [0, 0.05) is 19.1 Å². The van der Waals surface area contributed by atoms with E-state index in [9.17, 15) is 9.90 Å². The molecule has 0 aromatic carbocycles. The molecule has 104 valence electrons. The van der Waals surface area contributed by atoms with E-state index >= 15 is 0 Å². The van der Waals surface area contributed by atoms with E-state index in [1.54, 1.807) is 0 Å². The molecule has 1 saturated heterocycles. The largest absolute Gasteiger partial charge is 0.481 e. The Morgan fingerprint density at radius 3 is 2.33 bits per heavy atom. The Hall–Kier alpha value is -0.570. The zero-order valence-corrected chi connectivity index (χ0v) is 11.8. The van der Waals surface area contributed by atoms with Crippen molar-refractivity contribution in [3.63, 3.8) is 0 Å². The number of nitrogens with zero attached hydrogens (tertiary/aromatic N) is 1. The summed E-state index contributed by atoms with van der Waals surface area (Å²) in [7, 11) is 0. The Morgan fingerprint density at radius 2 is 1.83 bits per heavy atom. The molecule has 0 aromatic heterocycles. The Balaban J connectivity index is 1.92. The first-order valence-corrected chi connectivity index (χ1v) is 7.59. The standard InChI is InChI=1S/C15H27NO2/c1-3-8-15(9-4-2)10-16(11-15)13-7-5-6-12(13)14(17)18/h12-13H,3-11H2,1-2H3,(H,17,18). The van der Waals surface area contributed by atoms with Crippen LogP contribution < -0.4 is 0 Å². The summed E-state index contributed by atoms with van der Waals surface area (Å²) < 4.78 is 0. The third-order valence-electron chi connectivity index (χ3n) is 4.90. The van der Waals surface area contributed by atoms with Crippen LogP contribution in [-0.2, 0) is 4.79 Å². The second-order valence-electron chi connectivity index (χ2n) is 6.35. The molecular formula is C15H27NO2. The number of carboxylic acids is 1. The Bertz CT molecular complexity index is 289. The molecule has 0 radical (unpaired) electrons. The van der Waals surface area contributed by atoms with Gasteiger partial charge in [-0.05, 0) is 31.1 Å². The highest BCUT2D eigenvalue weighted by atomic mass is 16.4. The van der Waals surface area contributed by atoms with Gasteiger partial charge in [0.25, 0.3) is 0 Å². The Morgan fingerprint density at radius 1 is 1.22 bits per heavy atom. The van der Waals surface area contributed by atoms with Gasteiger partial charge < -0.3 is 5.11 Å². The third kappa shape index (κ3) is 2.56. The van der Waals surface area contributed by atoms with E-state index in [1.165, 1.54) is 25.7 Å². The summed E-state index contributed by atoms with van der Waals surface area (Å²) in [6, 6.07) is 0.323. The van der Waals surface area contributed by atoms with E-state index in [0.29, 0.717) is 11.5 Å². The van der Waals surface area contributed by atoms with Crippen LogP contribution >= 0.6 is 0 Å². The van der Waals surface area contributed by atoms with Crippen LogP contribution in [0.3, 0.4) is 0 Å². The molecule has 3 nitrogen and oxygen atoms in total. The lowest BCUT2D eigenvalue weighted by Crippen LogP contribution is -2.61. The molecular weight excluding hydrogens is 226 g/mol. The lowest BCUT2D eigenvalue weighted by atomic mass is 9.71. The van der Waals surface area contributed by atoms with E-state index in [0.717, 1.165) is 32.4 Å². The quantitative estimate of drug-likeness (QED) is 0.790. The van der Waals surface area contributed by atoms with Crippen molar-refractivity contribution in [2.24, 2.45) is 11.3 Å². The van der Waals surface area contributed by atoms with Gasteiger partial charge in [-0.25, -0.2) is 0 Å². The first-order chi connectivity index (χ1) is 8.62. The molecule has 3 heteroatoms. The van der Waals surface area contributed by atoms with Crippen LogP contribution in [0.1, 0.15) is 58.8 Å². The molecule has 1 aliphatic carbocycles. The highest BCUT2D eigenvalue weighted by Gasteiger charge is 2.48. The molecule has 0 aromatic rings. The van der Waals surface area contributed by atoms with Crippen LogP contribution in [0, 0.1) is 11.3 Å². The van der Waals surface area contributed by atoms with Crippen LogP contribution in [0.4, 0.5) is 0 Å². The van der Waals surface area contributed by atoms with Crippen molar-refractivity contribution in [1.29, 1.82) is 0 Å². The van der Waals surface area contributed by atoms with Gasteiger partial charge in [-0.2, -0.15) is 0 Å². The first kappa shape index (κ1) is 13.9. The molecule has 2 fully saturated rings. The predicted octanol–water partition coefficient (Wildman–Crippen LogP) is 3.14. The van der Waals surface area contributed by atoms with Crippen LogP contribution in [0.5, 0.6) is 0 Å². The average molecular weight is 253 g/mol. The van der Waals surface area contributed by atoms with Crippen molar-refractivity contribution in [2.75, 3.05) is 13.1 Å². The zero-order chi connectivity index (χ0) is 13.2. The summed E-state index contributed by atoms with van der Waals surface area (Å²) in [5, 5.41) is 9.26. The monoisotopic (exact) mass is 253 g/mol. The van der Waals surface area contributed by atoms with Gasteiger partial charge in [0.2, 0.25) is 0 Å². The summed E-state index contributed by atoms with van der Waals surface area (Å²) in [4.78, 5) is 13.7. The number of hydrogen-bond acceptors (Lipinski definition) is 2. The lowest BCUT2D eigenvalue weighted by molar-refractivity contribution is -0.146. The molecule has 1 N–H and O–H groups in total. The maximum atomic E-state index is 11.2. The Labute approximate surface area is 111 Å². The summed E-state index contributed by atoms with van der Waals surface area (Å²) in [5.41, 5.74) is 0.509. The molecule has 0 spiro atoms. The van der Waals surface area contributed by atoms with Gasteiger partial charge in [0.15, 0.2) is 0 Å². The van der Waals surface area contributed by atoms with E-state index in [-0.39, 0.29) is 5.92 Å². The third-order valence-corrected chi connectivity index (χ3v) is 4.90. The topological polar surface area (TPSA) is 40.5 Å². The molecule has 1 saturated carbocycles. The van der Waals surface area contributed by atoms with Gasteiger partial charge in [0.05, 0.1) is 5.92 Å². The van der Waals surface area contributed by atoms with Crippen molar-refractivity contribution in [2.45, 2.75) is 64.8 Å². The molecule has 1 aliphatic heterocycles. The minimum absolute atomic E-state index is 0.105. The number of carboxylic acid groups (broad SMARTS) is 1. The number of aliphatic carboxylic acids is 1. The van der Waals surface area contributed by atoms with E-state index in [1.807, 2.05) is 0 Å². The number of rotatable bonds is 6. The summed E-state index contributed by atoms with van der Waals surface area (Å²) >= 11 is 0. The van der Waals surface area contributed by atoms with Crippen molar-refractivity contribution in [3.8, 4) is 0 Å². The molecule has 2 atom stereocenters. The van der Waals surface area contributed by atoms with Crippen molar-refractivity contribution in [3.05, 3.63) is 0 Å². The minimum Gasteiger partial charge on any atom is -0.481 e. The van der Waals surface area contributed by atoms with E-state index < -0.39 is 5.97 Å². The van der Waals surface area contributed by atoms with Crippen LogP contribution in [-0.4, -0.2) is 35.1 Å². The lowest BCUT2D eigenvalue weighted by Gasteiger charge is -2.54. The SMILES string of the molecule is CCCC1(CCC)CN(C2CCCC2C(=O)O)C1. The summed E-state index contributed by atoms with van der Waals surface area (Å²) in [5.74, 6) is -0.688.